The van der Waals surface area contributed by atoms with E-state index in [1.807, 2.05) is 39.2 Å². The van der Waals surface area contributed by atoms with Crippen LogP contribution in [0, 0.1) is 13.8 Å². The average Bonchev–Trinajstić information content (AvgIpc) is 3.76. The molecule has 0 atom stereocenters. The Balaban J connectivity index is 1.13. The number of ether oxygens (including phenoxy) is 1. The van der Waals surface area contributed by atoms with Gasteiger partial charge < -0.3 is 10.1 Å². The summed E-state index contributed by atoms with van der Waals surface area (Å²) in [5.74, 6) is 0.758. The van der Waals surface area contributed by atoms with Gasteiger partial charge in [0.15, 0.2) is 5.82 Å². The van der Waals surface area contributed by atoms with Crippen molar-refractivity contribution in [3.8, 4) is 21.7 Å². The van der Waals surface area contributed by atoms with Crippen LogP contribution in [0.4, 0.5) is 16.3 Å². The van der Waals surface area contributed by atoms with E-state index < -0.39 is 5.60 Å². The van der Waals surface area contributed by atoms with E-state index in [1.54, 1.807) is 16.2 Å². The van der Waals surface area contributed by atoms with Crippen molar-refractivity contribution in [3.63, 3.8) is 0 Å². The second-order valence-electron chi connectivity index (χ2n) is 13.4. The van der Waals surface area contributed by atoms with Crippen molar-refractivity contribution in [2.75, 3.05) is 18.4 Å². The molecule has 5 heterocycles. The molecule has 9 heteroatoms. The lowest BCUT2D eigenvalue weighted by Crippen LogP contribution is -2.33. The molecule has 2 aromatic carbocycles. The zero-order valence-electron chi connectivity index (χ0n) is 27.2. The van der Waals surface area contributed by atoms with Crippen LogP contribution in [-0.2, 0) is 24.4 Å². The second-order valence-corrected chi connectivity index (χ2v) is 14.4. The van der Waals surface area contributed by atoms with Gasteiger partial charge >= 0.3 is 6.09 Å². The number of pyridine rings is 2. The van der Waals surface area contributed by atoms with Gasteiger partial charge in [-0.2, -0.15) is 0 Å². The molecule has 1 amide bonds. The Morgan fingerprint density at radius 2 is 1.70 bits per heavy atom. The fraction of sp³-hybridized carbons (Fsp3) is 0.351. The Kier molecular flexibility index (Phi) is 7.98. The van der Waals surface area contributed by atoms with Crippen LogP contribution in [0.1, 0.15) is 60.9 Å². The van der Waals surface area contributed by atoms with Crippen LogP contribution in [-0.4, -0.2) is 49.5 Å². The van der Waals surface area contributed by atoms with Crippen molar-refractivity contribution >= 4 is 39.8 Å². The molecular formula is C37H40N6O2S. The lowest BCUT2D eigenvalue weighted by molar-refractivity contribution is 0.0241. The number of likely N-dealkylation sites (tertiary alicyclic amines) is 1. The Bertz CT molecular complexity index is 1920. The monoisotopic (exact) mass is 632 g/mol. The van der Waals surface area contributed by atoms with Crippen LogP contribution in [0.5, 0.6) is 0 Å². The van der Waals surface area contributed by atoms with Crippen LogP contribution in [0.2, 0.25) is 0 Å². The normalized spacial score (nSPS) is 15.0. The number of nitrogens with zero attached hydrogens (tertiary/aromatic N) is 5. The van der Waals surface area contributed by atoms with Gasteiger partial charge in [-0.3, -0.25) is 14.8 Å². The Hall–Kier alpha value is -4.34. The first-order chi connectivity index (χ1) is 22.1. The number of nitrogens with one attached hydrogen (secondary N) is 1. The first kappa shape index (κ1) is 30.3. The SMILES string of the molecule is Cc1c(Nc2nccc3cc(CN4CCCC4)cnc23)cccc1-c1cccc(-c2nc3c(s2)CN(C(=O)OC(C)(C)C)C3)c1C. The molecule has 0 aliphatic carbocycles. The highest BCUT2D eigenvalue weighted by molar-refractivity contribution is 7.15. The highest BCUT2D eigenvalue weighted by Crippen LogP contribution is 2.40. The summed E-state index contributed by atoms with van der Waals surface area (Å²) in [5.41, 5.74) is 9.31. The molecule has 0 bridgehead atoms. The third kappa shape index (κ3) is 6.09. The van der Waals surface area contributed by atoms with Gasteiger partial charge in [0, 0.05) is 40.5 Å². The lowest BCUT2D eigenvalue weighted by Gasteiger charge is -2.24. The minimum Gasteiger partial charge on any atom is -0.444 e. The van der Waals surface area contributed by atoms with Gasteiger partial charge in [0.25, 0.3) is 0 Å². The summed E-state index contributed by atoms with van der Waals surface area (Å²) < 4.78 is 5.58. The molecule has 5 aromatic rings. The maximum absolute atomic E-state index is 12.6. The third-order valence-corrected chi connectivity index (χ3v) is 9.92. The van der Waals surface area contributed by atoms with Crippen molar-refractivity contribution in [2.45, 2.75) is 72.7 Å². The van der Waals surface area contributed by atoms with Crippen LogP contribution >= 0.6 is 11.3 Å². The van der Waals surface area contributed by atoms with Gasteiger partial charge in [-0.15, -0.1) is 11.3 Å². The van der Waals surface area contributed by atoms with Gasteiger partial charge in [0.2, 0.25) is 0 Å². The van der Waals surface area contributed by atoms with E-state index >= 15 is 0 Å². The number of thiazole rings is 1. The maximum atomic E-state index is 12.6. The van der Waals surface area contributed by atoms with E-state index in [1.165, 1.54) is 42.6 Å². The van der Waals surface area contributed by atoms with Crippen LogP contribution in [0.3, 0.4) is 0 Å². The van der Waals surface area contributed by atoms with Gasteiger partial charge in [-0.25, -0.2) is 14.8 Å². The van der Waals surface area contributed by atoms with E-state index in [2.05, 4.69) is 71.5 Å². The summed E-state index contributed by atoms with van der Waals surface area (Å²) in [6, 6.07) is 17.1. The van der Waals surface area contributed by atoms with Gasteiger partial charge in [-0.05, 0) is 107 Å². The largest absolute Gasteiger partial charge is 0.444 e. The molecule has 2 aliphatic rings. The molecule has 236 valence electrons. The van der Waals surface area contributed by atoms with Crippen molar-refractivity contribution in [1.29, 1.82) is 0 Å². The van der Waals surface area contributed by atoms with Gasteiger partial charge in [0.05, 0.1) is 18.8 Å². The Morgan fingerprint density at radius 3 is 2.46 bits per heavy atom. The first-order valence-electron chi connectivity index (χ1n) is 16.0. The summed E-state index contributed by atoms with van der Waals surface area (Å²) >= 11 is 1.66. The topological polar surface area (TPSA) is 83.5 Å². The Labute approximate surface area is 274 Å². The predicted octanol–water partition coefficient (Wildman–Crippen LogP) is 8.63. The molecule has 1 fully saturated rings. The smallest absolute Gasteiger partial charge is 0.410 e. The molecule has 0 radical (unpaired) electrons. The molecular weight excluding hydrogens is 593 g/mol. The number of rotatable bonds is 6. The quantitative estimate of drug-likeness (QED) is 0.201. The van der Waals surface area contributed by atoms with Crippen molar-refractivity contribution in [3.05, 3.63) is 88.2 Å². The fourth-order valence-electron chi connectivity index (χ4n) is 6.44. The summed E-state index contributed by atoms with van der Waals surface area (Å²) in [5, 5.41) is 5.68. The van der Waals surface area contributed by atoms with Gasteiger partial charge in [0.1, 0.15) is 16.1 Å². The highest BCUT2D eigenvalue weighted by atomic mass is 32.1. The molecule has 46 heavy (non-hydrogen) atoms. The fourth-order valence-corrected chi connectivity index (χ4v) is 7.61. The van der Waals surface area contributed by atoms with Crippen LogP contribution in [0.15, 0.2) is 60.9 Å². The minimum absolute atomic E-state index is 0.293. The maximum Gasteiger partial charge on any atom is 0.410 e. The number of hydrogen-bond donors (Lipinski definition) is 1. The molecule has 1 N–H and O–H groups in total. The molecule has 0 unspecified atom stereocenters. The van der Waals surface area contributed by atoms with E-state index in [9.17, 15) is 4.79 Å². The number of hydrogen-bond acceptors (Lipinski definition) is 8. The number of fused-ring (bicyclic) bond motifs is 2. The van der Waals surface area contributed by atoms with Crippen molar-refractivity contribution < 1.29 is 9.53 Å². The number of aromatic nitrogens is 3. The molecule has 8 nitrogen and oxygen atoms in total. The number of benzene rings is 2. The van der Waals surface area contributed by atoms with Crippen molar-refractivity contribution in [1.82, 2.24) is 24.8 Å². The summed E-state index contributed by atoms with van der Waals surface area (Å²) in [6.45, 7) is 14.3. The molecule has 2 aliphatic heterocycles. The number of carbonyl (C=O) groups excluding carboxylic acids is 1. The summed E-state index contributed by atoms with van der Waals surface area (Å²) in [4.78, 5) is 32.5. The molecule has 7 rings (SSSR count). The predicted molar refractivity (Wildman–Crippen MR) is 185 cm³/mol. The van der Waals surface area contributed by atoms with Crippen LogP contribution in [0.25, 0.3) is 32.6 Å². The molecule has 3 aromatic heterocycles. The highest BCUT2D eigenvalue weighted by Gasteiger charge is 2.31. The number of carbonyl (C=O) groups is 1. The third-order valence-electron chi connectivity index (χ3n) is 8.81. The summed E-state index contributed by atoms with van der Waals surface area (Å²) in [7, 11) is 0. The number of amides is 1. The van der Waals surface area contributed by atoms with E-state index in [-0.39, 0.29) is 6.09 Å². The average molecular weight is 633 g/mol. The van der Waals surface area contributed by atoms with Crippen molar-refractivity contribution in [2.24, 2.45) is 0 Å². The molecule has 1 saturated heterocycles. The Morgan fingerprint density at radius 1 is 0.957 bits per heavy atom. The first-order valence-corrected chi connectivity index (χ1v) is 16.8. The summed E-state index contributed by atoms with van der Waals surface area (Å²) in [6.07, 6.45) is 6.12. The number of anilines is 2. The minimum atomic E-state index is -0.520. The zero-order valence-corrected chi connectivity index (χ0v) is 28.0. The second kappa shape index (κ2) is 12.1. The van der Waals surface area contributed by atoms with Gasteiger partial charge in [-0.1, -0.05) is 30.3 Å². The molecule has 0 saturated carbocycles. The van der Waals surface area contributed by atoms with E-state index in [0.717, 1.165) is 61.2 Å². The van der Waals surface area contributed by atoms with Crippen LogP contribution < -0.4 is 5.32 Å². The van der Waals surface area contributed by atoms with E-state index in [0.29, 0.717) is 13.1 Å². The standard InChI is InChI=1S/C37H40N6O2S/c1-23-27(10-8-12-29(23)35-41-31-21-43(22-32(31)46-35)36(44)45-37(3,4)5)28-11-9-13-30(24(28)2)40-34-33-26(14-15-38-34)18-25(19-39-33)20-42-16-6-7-17-42/h8-15,18-19H,6-7,16-17,20-22H2,1-5H3,(H,38,40). The molecule has 0 spiro atoms. The van der Waals surface area contributed by atoms with E-state index in [4.69, 9.17) is 14.7 Å². The lowest BCUT2D eigenvalue weighted by atomic mass is 9.93. The zero-order chi connectivity index (χ0) is 32.0.